The first kappa shape index (κ1) is 8.84. The second kappa shape index (κ2) is 2.89. The number of rotatable bonds is 1. The summed E-state index contributed by atoms with van der Waals surface area (Å²) in [6, 6.07) is 6.44. The molecule has 2 rings (SSSR count). The zero-order valence-electron chi connectivity index (χ0n) is 7.60. The minimum Gasteiger partial charge on any atom is -0.119 e. The van der Waals surface area contributed by atoms with E-state index in [9.17, 15) is 0 Å². The van der Waals surface area contributed by atoms with Gasteiger partial charge in [-0.25, -0.2) is 0 Å². The molecule has 0 amide bonds. The molecule has 0 heterocycles. The largest absolute Gasteiger partial charge is 0.119 e. The minimum absolute atomic E-state index is 0.0640. The van der Waals surface area contributed by atoms with Crippen molar-refractivity contribution in [3.63, 3.8) is 0 Å². The van der Waals surface area contributed by atoms with Crippen LogP contribution in [0.4, 0.5) is 0 Å². The van der Waals surface area contributed by atoms with Gasteiger partial charge in [0.1, 0.15) is 0 Å². The molecule has 0 atom stereocenters. The van der Waals surface area contributed by atoms with Gasteiger partial charge in [0, 0.05) is 4.47 Å². The monoisotopic (exact) mass is 234 g/mol. The lowest BCUT2D eigenvalue weighted by atomic mass is 9.96. The maximum atomic E-state index is 5.54. The molecule has 0 N–H and O–H groups in total. The van der Waals surface area contributed by atoms with Crippen molar-refractivity contribution in [1.29, 1.82) is 0 Å². The van der Waals surface area contributed by atoms with Gasteiger partial charge in [0.05, 0.1) is 5.41 Å². The van der Waals surface area contributed by atoms with Crippen LogP contribution in [0.3, 0.4) is 0 Å². The van der Waals surface area contributed by atoms with Crippen molar-refractivity contribution in [2.45, 2.75) is 25.2 Å². The maximum Gasteiger partial charge on any atom is 0.0562 e. The topological polar surface area (TPSA) is 0 Å². The molecule has 0 bridgehead atoms. The van der Waals surface area contributed by atoms with E-state index in [0.717, 1.165) is 17.3 Å². The molecule has 1 aliphatic rings. The summed E-state index contributed by atoms with van der Waals surface area (Å²) in [5.74, 6) is 2.90. The van der Waals surface area contributed by atoms with Gasteiger partial charge in [-0.2, -0.15) is 0 Å². The molecule has 1 aromatic rings. The van der Waals surface area contributed by atoms with Crippen LogP contribution in [0.15, 0.2) is 22.7 Å². The molecule has 13 heavy (non-hydrogen) atoms. The Labute approximate surface area is 87.5 Å². The van der Waals surface area contributed by atoms with E-state index < -0.39 is 0 Å². The van der Waals surface area contributed by atoms with Gasteiger partial charge in [-0.15, -0.1) is 6.42 Å². The highest BCUT2D eigenvalue weighted by molar-refractivity contribution is 9.10. The van der Waals surface area contributed by atoms with Gasteiger partial charge in [-0.05, 0) is 43.0 Å². The predicted molar refractivity (Wildman–Crippen MR) is 58.6 cm³/mol. The Morgan fingerprint density at radius 3 is 2.54 bits per heavy atom. The lowest BCUT2D eigenvalue weighted by molar-refractivity contribution is 0.926. The van der Waals surface area contributed by atoms with E-state index in [1.54, 1.807) is 0 Å². The third-order valence-corrected chi connectivity index (χ3v) is 3.08. The molecule has 0 aliphatic heterocycles. The molecule has 1 aromatic carbocycles. The van der Waals surface area contributed by atoms with Crippen molar-refractivity contribution in [2.24, 2.45) is 0 Å². The lowest BCUT2D eigenvalue weighted by Crippen LogP contribution is -2.02. The Kier molecular flexibility index (Phi) is 1.96. The Balaban J connectivity index is 2.48. The minimum atomic E-state index is 0.0640. The van der Waals surface area contributed by atoms with Crippen LogP contribution >= 0.6 is 15.9 Å². The van der Waals surface area contributed by atoms with E-state index in [1.807, 2.05) is 0 Å². The first-order valence-corrected chi connectivity index (χ1v) is 5.21. The average molecular weight is 235 g/mol. The van der Waals surface area contributed by atoms with E-state index in [0.29, 0.717) is 0 Å². The quantitative estimate of drug-likeness (QED) is 0.654. The normalized spacial score (nSPS) is 17.9. The number of hydrogen-bond acceptors (Lipinski definition) is 0. The Hall–Kier alpha value is -0.740. The number of aryl methyl sites for hydroxylation is 1. The summed E-state index contributed by atoms with van der Waals surface area (Å²) in [5, 5.41) is 0. The molecule has 1 fully saturated rings. The summed E-state index contributed by atoms with van der Waals surface area (Å²) >= 11 is 3.49. The highest BCUT2D eigenvalue weighted by atomic mass is 79.9. The van der Waals surface area contributed by atoms with E-state index in [-0.39, 0.29) is 5.41 Å². The molecular weight excluding hydrogens is 224 g/mol. The van der Waals surface area contributed by atoms with Crippen LogP contribution in [0.5, 0.6) is 0 Å². The van der Waals surface area contributed by atoms with Crippen molar-refractivity contribution >= 4 is 15.9 Å². The zero-order valence-corrected chi connectivity index (χ0v) is 9.19. The molecule has 0 unspecified atom stereocenters. The van der Waals surface area contributed by atoms with Gasteiger partial charge in [-0.3, -0.25) is 0 Å². The summed E-state index contributed by atoms with van der Waals surface area (Å²) in [6.45, 7) is 2.10. The summed E-state index contributed by atoms with van der Waals surface area (Å²) in [5.41, 5.74) is 2.63. The van der Waals surface area contributed by atoms with Gasteiger partial charge in [0.15, 0.2) is 0 Å². The molecule has 0 radical (unpaired) electrons. The Bertz CT molecular complexity index is 360. The van der Waals surface area contributed by atoms with Gasteiger partial charge in [0.25, 0.3) is 0 Å². The van der Waals surface area contributed by atoms with E-state index in [4.69, 9.17) is 6.42 Å². The van der Waals surface area contributed by atoms with Crippen LogP contribution in [0.1, 0.15) is 24.0 Å². The molecule has 0 nitrogen and oxygen atoms in total. The van der Waals surface area contributed by atoms with Crippen LogP contribution in [0.2, 0.25) is 0 Å². The standard InChI is InChI=1S/C12H11Br/c1-3-12(4-5-12)10-6-9(2)7-11(13)8-10/h1,6-8H,4-5H2,2H3. The van der Waals surface area contributed by atoms with Gasteiger partial charge < -0.3 is 0 Å². The first-order valence-electron chi connectivity index (χ1n) is 4.42. The molecule has 66 valence electrons. The SMILES string of the molecule is C#CC1(c2cc(C)cc(Br)c2)CC1. The fourth-order valence-electron chi connectivity index (χ4n) is 1.65. The lowest BCUT2D eigenvalue weighted by Gasteiger charge is -2.09. The molecule has 1 aliphatic carbocycles. The van der Waals surface area contributed by atoms with Crippen LogP contribution in [0.25, 0.3) is 0 Å². The van der Waals surface area contributed by atoms with Crippen LogP contribution in [-0.4, -0.2) is 0 Å². The van der Waals surface area contributed by atoms with Crippen molar-refractivity contribution in [1.82, 2.24) is 0 Å². The highest BCUT2D eigenvalue weighted by Crippen LogP contribution is 2.48. The van der Waals surface area contributed by atoms with Crippen LogP contribution in [-0.2, 0) is 5.41 Å². The van der Waals surface area contributed by atoms with Crippen molar-refractivity contribution in [3.05, 3.63) is 33.8 Å². The molecule has 1 saturated carbocycles. The summed E-state index contributed by atoms with van der Waals surface area (Å²) in [6.07, 6.45) is 7.81. The smallest absolute Gasteiger partial charge is 0.0562 e. The molecule has 0 aromatic heterocycles. The predicted octanol–water partition coefficient (Wildman–Crippen LogP) is 3.42. The van der Waals surface area contributed by atoms with Crippen molar-refractivity contribution < 1.29 is 0 Å². The molecule has 1 heteroatoms. The zero-order chi connectivity index (χ0) is 9.47. The molecule has 0 spiro atoms. The number of halogens is 1. The second-order valence-electron chi connectivity index (χ2n) is 3.74. The molecule has 0 saturated heterocycles. The highest BCUT2D eigenvalue weighted by Gasteiger charge is 2.42. The van der Waals surface area contributed by atoms with E-state index in [1.165, 1.54) is 11.1 Å². The number of benzene rings is 1. The number of terminal acetylenes is 1. The van der Waals surface area contributed by atoms with Gasteiger partial charge in [0.2, 0.25) is 0 Å². The van der Waals surface area contributed by atoms with Crippen molar-refractivity contribution in [2.75, 3.05) is 0 Å². The fourth-order valence-corrected chi connectivity index (χ4v) is 2.26. The average Bonchev–Trinajstić information content (AvgIpc) is 2.82. The fraction of sp³-hybridized carbons (Fsp3) is 0.333. The Morgan fingerprint density at radius 1 is 1.38 bits per heavy atom. The Morgan fingerprint density at radius 2 is 2.08 bits per heavy atom. The van der Waals surface area contributed by atoms with Crippen molar-refractivity contribution in [3.8, 4) is 12.3 Å². The number of hydrogen-bond donors (Lipinski definition) is 0. The molecular formula is C12H11Br. The maximum absolute atomic E-state index is 5.54. The summed E-state index contributed by atoms with van der Waals surface area (Å²) < 4.78 is 1.13. The van der Waals surface area contributed by atoms with E-state index in [2.05, 4.69) is 47.0 Å². The third kappa shape index (κ3) is 1.51. The summed E-state index contributed by atoms with van der Waals surface area (Å²) in [7, 11) is 0. The summed E-state index contributed by atoms with van der Waals surface area (Å²) in [4.78, 5) is 0. The van der Waals surface area contributed by atoms with Crippen LogP contribution in [0, 0.1) is 19.3 Å². The second-order valence-corrected chi connectivity index (χ2v) is 4.66. The van der Waals surface area contributed by atoms with E-state index >= 15 is 0 Å². The first-order chi connectivity index (χ1) is 6.16. The van der Waals surface area contributed by atoms with Crippen LogP contribution < -0.4 is 0 Å². The third-order valence-electron chi connectivity index (χ3n) is 2.62. The van der Waals surface area contributed by atoms with Gasteiger partial charge in [-0.1, -0.05) is 27.9 Å². The van der Waals surface area contributed by atoms with Gasteiger partial charge >= 0.3 is 0 Å².